The Morgan fingerprint density at radius 3 is 2.03 bits per heavy atom. The van der Waals surface area contributed by atoms with Gasteiger partial charge in [-0.05, 0) is 60.5 Å². The van der Waals surface area contributed by atoms with Crippen molar-refractivity contribution < 1.29 is 31.2 Å². The topological polar surface area (TPSA) is 74.8 Å². The minimum absolute atomic E-state index is 0.0355. The second kappa shape index (κ2) is 9.77. The number of amides is 2. The molecule has 2 aromatic carbocycles. The zero-order valence-corrected chi connectivity index (χ0v) is 20.8. The fraction of sp³-hybridized carbons (Fsp3) is 0.231. The van der Waals surface area contributed by atoms with Crippen LogP contribution in [0.4, 0.5) is 13.2 Å². The number of alkyl halides is 3. The van der Waals surface area contributed by atoms with Crippen LogP contribution in [0.15, 0.2) is 84.1 Å². The van der Waals surface area contributed by atoms with Gasteiger partial charge >= 0.3 is 6.18 Å². The van der Waals surface area contributed by atoms with Crippen molar-refractivity contribution in [2.75, 3.05) is 12.8 Å². The minimum atomic E-state index is -4.53. The molecule has 6 nitrogen and oxygen atoms in total. The predicted octanol–water partition coefficient (Wildman–Crippen LogP) is 4.91. The van der Waals surface area contributed by atoms with Gasteiger partial charge in [-0.15, -0.1) is 0 Å². The summed E-state index contributed by atoms with van der Waals surface area (Å²) in [5.74, 6) is -0.852. The summed E-state index contributed by atoms with van der Waals surface area (Å²) >= 11 is 0. The van der Waals surface area contributed by atoms with Crippen LogP contribution in [0, 0.1) is 0 Å². The number of nitrogens with zero attached hydrogens (tertiary/aromatic N) is 2. The van der Waals surface area contributed by atoms with Crippen LogP contribution in [0.5, 0.6) is 0 Å². The van der Waals surface area contributed by atoms with E-state index in [-0.39, 0.29) is 34.3 Å². The van der Waals surface area contributed by atoms with E-state index in [2.05, 4.69) is 13.2 Å². The maximum atomic E-state index is 13.4. The maximum absolute atomic E-state index is 13.4. The molecule has 10 heteroatoms. The van der Waals surface area contributed by atoms with Crippen LogP contribution in [0.2, 0.25) is 0 Å². The van der Waals surface area contributed by atoms with E-state index in [0.29, 0.717) is 11.1 Å². The third-order valence-corrected chi connectivity index (χ3v) is 6.90. The van der Waals surface area contributed by atoms with E-state index in [9.17, 15) is 31.2 Å². The van der Waals surface area contributed by atoms with Gasteiger partial charge in [0.25, 0.3) is 5.91 Å². The van der Waals surface area contributed by atoms with Crippen molar-refractivity contribution >= 4 is 27.2 Å². The van der Waals surface area contributed by atoms with Crippen molar-refractivity contribution in [1.82, 2.24) is 9.80 Å². The summed E-state index contributed by atoms with van der Waals surface area (Å²) in [6, 6.07) is 9.43. The van der Waals surface area contributed by atoms with Crippen LogP contribution in [-0.2, 0) is 20.8 Å². The van der Waals surface area contributed by atoms with Crippen LogP contribution in [0.1, 0.15) is 35.3 Å². The summed E-state index contributed by atoms with van der Waals surface area (Å²) in [4.78, 5) is 28.6. The Balaban J connectivity index is 2.02. The van der Waals surface area contributed by atoms with Gasteiger partial charge in [0, 0.05) is 25.3 Å². The number of hydrogen-bond acceptors (Lipinski definition) is 4. The molecule has 3 rings (SSSR count). The Kier molecular flexibility index (Phi) is 7.31. The Morgan fingerprint density at radius 1 is 1.03 bits per heavy atom. The van der Waals surface area contributed by atoms with E-state index >= 15 is 0 Å². The van der Waals surface area contributed by atoms with Crippen molar-refractivity contribution in [1.29, 1.82) is 0 Å². The maximum Gasteiger partial charge on any atom is 0.416 e. The van der Waals surface area contributed by atoms with Gasteiger partial charge in [0.05, 0.1) is 27.9 Å². The van der Waals surface area contributed by atoms with Gasteiger partial charge in [0.2, 0.25) is 5.91 Å². The van der Waals surface area contributed by atoms with Crippen LogP contribution in [0.3, 0.4) is 0 Å². The molecule has 190 valence electrons. The van der Waals surface area contributed by atoms with Crippen molar-refractivity contribution in [2.45, 2.75) is 31.0 Å². The third kappa shape index (κ3) is 5.59. The average molecular weight is 519 g/mol. The number of carbonyl (C=O) groups excluding carboxylic acids is 2. The van der Waals surface area contributed by atoms with Gasteiger partial charge in [-0.2, -0.15) is 13.2 Å². The molecule has 1 saturated heterocycles. The number of carbonyl (C=O) groups is 2. The number of piperazine rings is 1. The van der Waals surface area contributed by atoms with E-state index in [1.54, 1.807) is 25.1 Å². The number of allylic oxidation sites excluding steroid dienone is 2. The molecule has 0 saturated carbocycles. The highest BCUT2D eigenvalue weighted by molar-refractivity contribution is 7.90. The van der Waals surface area contributed by atoms with Gasteiger partial charge in [0.1, 0.15) is 0 Å². The Bertz CT molecular complexity index is 1360. The first-order chi connectivity index (χ1) is 16.6. The Morgan fingerprint density at radius 2 is 1.56 bits per heavy atom. The molecule has 0 aliphatic carbocycles. The van der Waals surface area contributed by atoms with Gasteiger partial charge in [0.15, 0.2) is 9.84 Å². The van der Waals surface area contributed by atoms with Gasteiger partial charge in [-0.25, -0.2) is 8.42 Å². The lowest BCUT2D eigenvalue weighted by Gasteiger charge is -2.42. The minimum Gasteiger partial charge on any atom is -0.307 e. The molecule has 2 amide bonds. The molecule has 1 unspecified atom stereocenters. The summed E-state index contributed by atoms with van der Waals surface area (Å²) in [6.45, 7) is 11.2. The molecule has 0 aromatic heterocycles. The molecule has 1 aliphatic heterocycles. The molecule has 0 radical (unpaired) electrons. The molecular weight excluding hydrogens is 493 g/mol. The van der Waals surface area contributed by atoms with Crippen molar-refractivity contribution in [3.05, 3.63) is 95.8 Å². The van der Waals surface area contributed by atoms with E-state index in [1.807, 2.05) is 0 Å². The highest BCUT2D eigenvalue weighted by Gasteiger charge is 2.36. The number of hydrogen-bond donors (Lipinski definition) is 0. The SMILES string of the molecule is C=C(/C=C1\C(=C)N(C(C)=O)C(C)CN1C(=O)c1ccc(C(F)(F)F)cc1)c1ccc(S(C)(=O)=O)cc1. The molecule has 2 aromatic rings. The standard InChI is InChI=1S/C26H25F3N2O4S/c1-16(20-8-12-23(13-9-20)36(5,34)35)14-24-18(3)31(19(4)32)17(2)15-30(24)25(33)21-6-10-22(11-7-21)26(27,28)29/h6-14,17H,1,3,15H2,2,4-5H3/b24-14+. The van der Waals surface area contributed by atoms with Crippen LogP contribution in [-0.4, -0.2) is 48.9 Å². The van der Waals surface area contributed by atoms with Crippen LogP contribution >= 0.6 is 0 Å². The number of benzene rings is 2. The second-order valence-electron chi connectivity index (χ2n) is 8.53. The van der Waals surface area contributed by atoms with E-state index in [0.717, 1.165) is 30.5 Å². The monoisotopic (exact) mass is 518 g/mol. The third-order valence-electron chi connectivity index (χ3n) is 5.77. The molecular formula is C26H25F3N2O4S. The molecule has 1 fully saturated rings. The van der Waals surface area contributed by atoms with E-state index < -0.39 is 33.5 Å². The molecule has 0 bridgehead atoms. The lowest BCUT2D eigenvalue weighted by molar-refractivity contribution is -0.137. The highest BCUT2D eigenvalue weighted by Crippen LogP contribution is 2.33. The molecule has 1 atom stereocenters. The molecule has 1 aliphatic rings. The fourth-order valence-corrected chi connectivity index (χ4v) is 4.60. The lowest BCUT2D eigenvalue weighted by Crippen LogP contribution is -2.52. The van der Waals surface area contributed by atoms with E-state index in [4.69, 9.17) is 0 Å². The first kappa shape index (κ1) is 26.9. The number of sulfone groups is 1. The zero-order valence-electron chi connectivity index (χ0n) is 20.0. The largest absolute Gasteiger partial charge is 0.416 e. The normalized spacial score (nSPS) is 17.9. The van der Waals surface area contributed by atoms with Gasteiger partial charge in [-0.3, -0.25) is 9.59 Å². The summed E-state index contributed by atoms with van der Waals surface area (Å²) in [5, 5.41) is 0. The van der Waals surface area contributed by atoms with Crippen molar-refractivity contribution in [3.63, 3.8) is 0 Å². The fourth-order valence-electron chi connectivity index (χ4n) is 3.97. The predicted molar refractivity (Wildman–Crippen MR) is 130 cm³/mol. The Hall–Kier alpha value is -3.66. The molecule has 0 spiro atoms. The van der Waals surface area contributed by atoms with E-state index in [1.165, 1.54) is 28.9 Å². The summed E-state index contributed by atoms with van der Waals surface area (Å²) < 4.78 is 62.4. The Labute approximate surface area is 207 Å². The average Bonchev–Trinajstić information content (AvgIpc) is 2.79. The number of halogens is 3. The smallest absolute Gasteiger partial charge is 0.307 e. The molecule has 1 heterocycles. The first-order valence-corrected chi connectivity index (χ1v) is 12.7. The quantitative estimate of drug-likeness (QED) is 0.576. The van der Waals surface area contributed by atoms with Gasteiger partial charge < -0.3 is 9.80 Å². The highest BCUT2D eigenvalue weighted by atomic mass is 32.2. The molecule has 0 N–H and O–H groups in total. The van der Waals surface area contributed by atoms with Gasteiger partial charge in [-0.1, -0.05) is 25.3 Å². The zero-order chi connectivity index (χ0) is 27.0. The van der Waals surface area contributed by atoms with Crippen molar-refractivity contribution in [2.24, 2.45) is 0 Å². The number of rotatable bonds is 4. The second-order valence-corrected chi connectivity index (χ2v) is 10.5. The van der Waals surface area contributed by atoms with Crippen molar-refractivity contribution in [3.8, 4) is 0 Å². The summed E-state index contributed by atoms with van der Waals surface area (Å²) in [6.07, 6.45) is -1.90. The summed E-state index contributed by atoms with van der Waals surface area (Å²) in [5.41, 5.74) is 0.626. The first-order valence-electron chi connectivity index (χ1n) is 10.8. The molecule has 36 heavy (non-hydrogen) atoms. The van der Waals surface area contributed by atoms with Crippen LogP contribution in [0.25, 0.3) is 5.57 Å². The lowest BCUT2D eigenvalue weighted by atomic mass is 10.0. The summed E-state index contributed by atoms with van der Waals surface area (Å²) in [7, 11) is -3.39. The van der Waals surface area contributed by atoms with Crippen LogP contribution < -0.4 is 0 Å².